The highest BCUT2D eigenvalue weighted by molar-refractivity contribution is 5.75. The van der Waals surface area contributed by atoms with Crippen LogP contribution in [0.25, 0.3) is 0 Å². The molecule has 0 aliphatic rings. The molecule has 0 fully saturated rings. The molecule has 0 atom stereocenters. The molecule has 2 N–H and O–H groups in total. The SMILES string of the molecule is C=CNCCCCCCCCCCC(=O)NCc1ccc(COCC(C)C)cc1. The molecule has 1 aromatic rings. The van der Waals surface area contributed by atoms with Crippen LogP contribution in [0.15, 0.2) is 37.0 Å². The van der Waals surface area contributed by atoms with E-state index in [4.69, 9.17) is 4.74 Å². The van der Waals surface area contributed by atoms with Gasteiger partial charge in [-0.05, 0) is 36.1 Å². The maximum absolute atomic E-state index is 12.0. The van der Waals surface area contributed by atoms with Crippen LogP contribution in [0.2, 0.25) is 0 Å². The molecule has 29 heavy (non-hydrogen) atoms. The Morgan fingerprint density at radius 3 is 2.17 bits per heavy atom. The largest absolute Gasteiger partial charge is 0.391 e. The summed E-state index contributed by atoms with van der Waals surface area (Å²) < 4.78 is 5.65. The van der Waals surface area contributed by atoms with Crippen molar-refractivity contribution in [3.8, 4) is 0 Å². The van der Waals surface area contributed by atoms with Gasteiger partial charge in [0, 0.05) is 26.1 Å². The Labute approximate surface area is 178 Å². The lowest BCUT2D eigenvalue weighted by atomic mass is 10.1. The Morgan fingerprint density at radius 2 is 1.55 bits per heavy atom. The number of hydrogen-bond acceptors (Lipinski definition) is 3. The summed E-state index contributed by atoms with van der Waals surface area (Å²) in [5, 5.41) is 6.16. The van der Waals surface area contributed by atoms with Crippen LogP contribution in [0.5, 0.6) is 0 Å². The van der Waals surface area contributed by atoms with Gasteiger partial charge in [0.15, 0.2) is 0 Å². The number of ether oxygens (including phenoxy) is 1. The second kappa shape index (κ2) is 17.1. The monoisotopic (exact) mass is 402 g/mol. The third kappa shape index (κ3) is 14.8. The summed E-state index contributed by atoms with van der Waals surface area (Å²) in [6, 6.07) is 8.30. The Morgan fingerprint density at radius 1 is 0.966 bits per heavy atom. The first-order valence-electron chi connectivity index (χ1n) is 11.4. The minimum atomic E-state index is 0.157. The first kappa shape index (κ1) is 25.2. The highest BCUT2D eigenvalue weighted by atomic mass is 16.5. The topological polar surface area (TPSA) is 50.4 Å². The summed E-state index contributed by atoms with van der Waals surface area (Å²) in [7, 11) is 0. The Balaban J connectivity index is 1.99. The molecule has 0 aliphatic heterocycles. The number of rotatable bonds is 18. The van der Waals surface area contributed by atoms with Crippen LogP contribution in [-0.2, 0) is 22.7 Å². The van der Waals surface area contributed by atoms with Crippen molar-refractivity contribution in [2.45, 2.75) is 84.8 Å². The normalized spacial score (nSPS) is 10.9. The fraction of sp³-hybridized carbons (Fsp3) is 0.640. The van der Waals surface area contributed by atoms with Gasteiger partial charge in [-0.2, -0.15) is 0 Å². The molecule has 0 saturated heterocycles. The van der Waals surface area contributed by atoms with Gasteiger partial charge in [0.25, 0.3) is 0 Å². The number of unbranched alkanes of at least 4 members (excludes halogenated alkanes) is 7. The van der Waals surface area contributed by atoms with Gasteiger partial charge in [0.05, 0.1) is 6.61 Å². The average Bonchev–Trinajstić information content (AvgIpc) is 2.71. The molecule has 0 radical (unpaired) electrons. The van der Waals surface area contributed by atoms with Crippen molar-refractivity contribution in [3.63, 3.8) is 0 Å². The molecule has 0 bridgehead atoms. The van der Waals surface area contributed by atoms with Crippen molar-refractivity contribution in [3.05, 3.63) is 48.2 Å². The predicted octanol–water partition coefficient (Wildman–Crippen LogP) is 5.72. The quantitative estimate of drug-likeness (QED) is 0.309. The van der Waals surface area contributed by atoms with Crippen LogP contribution in [0.1, 0.15) is 82.8 Å². The molecule has 1 rings (SSSR count). The Hall–Kier alpha value is -1.81. The number of amides is 1. The number of carbonyl (C=O) groups excluding carboxylic acids is 1. The standard InChI is InChI=1S/C25H42N2O2/c1-4-26-18-12-10-8-6-5-7-9-11-13-25(28)27-19-23-14-16-24(17-15-23)21-29-20-22(2)3/h4,14-17,22,26H,1,5-13,18-21H2,2-3H3,(H,27,28). The van der Waals surface area contributed by atoms with Gasteiger partial charge in [0.1, 0.15) is 0 Å². The van der Waals surface area contributed by atoms with Crippen molar-refractivity contribution < 1.29 is 9.53 Å². The zero-order chi connectivity index (χ0) is 21.2. The van der Waals surface area contributed by atoms with Crippen molar-refractivity contribution in [2.75, 3.05) is 13.2 Å². The third-order valence-corrected chi connectivity index (χ3v) is 4.85. The zero-order valence-electron chi connectivity index (χ0n) is 18.7. The van der Waals surface area contributed by atoms with Crippen molar-refractivity contribution in [2.24, 2.45) is 5.92 Å². The van der Waals surface area contributed by atoms with Crippen LogP contribution in [0.4, 0.5) is 0 Å². The molecule has 1 amide bonds. The predicted molar refractivity (Wildman–Crippen MR) is 123 cm³/mol. The van der Waals surface area contributed by atoms with Crippen molar-refractivity contribution in [1.29, 1.82) is 0 Å². The van der Waals surface area contributed by atoms with Gasteiger partial charge < -0.3 is 15.4 Å². The molecule has 0 heterocycles. The van der Waals surface area contributed by atoms with E-state index in [1.54, 1.807) is 6.20 Å². The summed E-state index contributed by atoms with van der Waals surface area (Å²) >= 11 is 0. The lowest BCUT2D eigenvalue weighted by molar-refractivity contribution is -0.121. The summed E-state index contributed by atoms with van der Waals surface area (Å²) in [6.07, 6.45) is 12.2. The molecule has 0 spiro atoms. The van der Waals surface area contributed by atoms with Gasteiger partial charge in [0.2, 0.25) is 5.91 Å². The summed E-state index contributed by atoms with van der Waals surface area (Å²) in [6.45, 7) is 11.0. The minimum absolute atomic E-state index is 0.157. The van der Waals surface area contributed by atoms with E-state index >= 15 is 0 Å². The average molecular weight is 403 g/mol. The third-order valence-electron chi connectivity index (χ3n) is 4.85. The van der Waals surface area contributed by atoms with Crippen LogP contribution in [0, 0.1) is 5.92 Å². The van der Waals surface area contributed by atoms with Gasteiger partial charge >= 0.3 is 0 Å². The lowest BCUT2D eigenvalue weighted by Gasteiger charge is -2.08. The first-order chi connectivity index (χ1) is 14.1. The van der Waals surface area contributed by atoms with E-state index in [2.05, 4.69) is 55.3 Å². The summed E-state index contributed by atoms with van der Waals surface area (Å²) in [5.74, 6) is 0.712. The number of benzene rings is 1. The maximum Gasteiger partial charge on any atom is 0.220 e. The van der Waals surface area contributed by atoms with E-state index in [1.807, 2.05) is 0 Å². The molecule has 1 aromatic carbocycles. The number of hydrogen-bond donors (Lipinski definition) is 2. The maximum atomic E-state index is 12.0. The van der Waals surface area contributed by atoms with Crippen LogP contribution >= 0.6 is 0 Å². The molecule has 4 nitrogen and oxygen atoms in total. The molecule has 0 aliphatic carbocycles. The Kier molecular flexibility index (Phi) is 14.9. The second-order valence-corrected chi connectivity index (χ2v) is 8.24. The lowest BCUT2D eigenvalue weighted by Crippen LogP contribution is -2.22. The van der Waals surface area contributed by atoms with E-state index in [-0.39, 0.29) is 5.91 Å². The molecular weight excluding hydrogens is 360 g/mol. The number of nitrogens with one attached hydrogen (secondary N) is 2. The van der Waals surface area contributed by atoms with E-state index in [0.29, 0.717) is 25.5 Å². The minimum Gasteiger partial charge on any atom is -0.391 e. The fourth-order valence-electron chi connectivity index (χ4n) is 3.13. The molecular formula is C25H42N2O2. The molecule has 0 saturated carbocycles. The fourth-order valence-corrected chi connectivity index (χ4v) is 3.13. The van der Waals surface area contributed by atoms with Crippen LogP contribution in [0.3, 0.4) is 0 Å². The van der Waals surface area contributed by atoms with Gasteiger partial charge in [-0.15, -0.1) is 0 Å². The second-order valence-electron chi connectivity index (χ2n) is 8.24. The van der Waals surface area contributed by atoms with Crippen molar-refractivity contribution in [1.82, 2.24) is 10.6 Å². The molecule has 0 aromatic heterocycles. The van der Waals surface area contributed by atoms with Crippen molar-refractivity contribution >= 4 is 5.91 Å². The highest BCUT2D eigenvalue weighted by Gasteiger charge is 2.02. The summed E-state index contributed by atoms with van der Waals surface area (Å²) in [5.41, 5.74) is 2.31. The van der Waals surface area contributed by atoms with Gasteiger partial charge in [-0.3, -0.25) is 4.79 Å². The molecule has 164 valence electrons. The number of carbonyl (C=O) groups is 1. The van der Waals surface area contributed by atoms with Gasteiger partial charge in [-0.25, -0.2) is 0 Å². The Bertz CT molecular complexity index is 540. The summed E-state index contributed by atoms with van der Waals surface area (Å²) in [4.78, 5) is 12.0. The van der Waals surface area contributed by atoms with E-state index in [0.717, 1.165) is 31.6 Å². The smallest absolute Gasteiger partial charge is 0.220 e. The van der Waals surface area contributed by atoms with E-state index < -0.39 is 0 Å². The van der Waals surface area contributed by atoms with Crippen LogP contribution in [-0.4, -0.2) is 19.1 Å². The van der Waals surface area contributed by atoms with E-state index in [1.165, 1.54) is 44.1 Å². The molecule has 4 heteroatoms. The zero-order valence-corrected chi connectivity index (χ0v) is 18.7. The van der Waals surface area contributed by atoms with Crippen LogP contribution < -0.4 is 10.6 Å². The van der Waals surface area contributed by atoms with Gasteiger partial charge in [-0.1, -0.05) is 83.2 Å². The van der Waals surface area contributed by atoms with E-state index in [9.17, 15) is 4.79 Å². The molecule has 0 unspecified atom stereocenters. The highest BCUT2D eigenvalue weighted by Crippen LogP contribution is 2.10. The first-order valence-corrected chi connectivity index (χ1v) is 11.4.